The Morgan fingerprint density at radius 3 is 2.74 bits per heavy atom. The SMILES string of the molecule is N#CCn1c(CSc2nnc(-c3ccc(Cl)cc3)n2C[C@@H]2CCCO2)nc2ccccc2c1=O. The van der Waals surface area contributed by atoms with E-state index in [1.165, 1.54) is 16.3 Å². The number of hydrogen-bond acceptors (Lipinski definition) is 7. The van der Waals surface area contributed by atoms with Crippen LogP contribution in [-0.2, 0) is 23.6 Å². The molecule has 10 heteroatoms. The van der Waals surface area contributed by atoms with Crippen molar-refractivity contribution in [2.24, 2.45) is 0 Å². The average Bonchev–Trinajstić information content (AvgIpc) is 3.51. The second-order valence-corrected chi connectivity index (χ2v) is 9.32. The van der Waals surface area contributed by atoms with Gasteiger partial charge in [-0.25, -0.2) is 4.98 Å². The van der Waals surface area contributed by atoms with Gasteiger partial charge in [0.1, 0.15) is 12.4 Å². The van der Waals surface area contributed by atoms with Gasteiger partial charge in [0.2, 0.25) is 0 Å². The molecule has 1 aliphatic heterocycles. The highest BCUT2D eigenvalue weighted by molar-refractivity contribution is 7.98. The van der Waals surface area contributed by atoms with Gasteiger partial charge >= 0.3 is 0 Å². The molecule has 1 fully saturated rings. The van der Waals surface area contributed by atoms with Crippen molar-refractivity contribution in [2.75, 3.05) is 6.61 Å². The molecule has 0 saturated carbocycles. The van der Waals surface area contributed by atoms with Crippen LogP contribution in [0.3, 0.4) is 0 Å². The van der Waals surface area contributed by atoms with Gasteiger partial charge in [-0.15, -0.1) is 10.2 Å². The molecule has 4 aromatic rings. The van der Waals surface area contributed by atoms with Crippen LogP contribution in [-0.4, -0.2) is 37.0 Å². The summed E-state index contributed by atoms with van der Waals surface area (Å²) in [6.07, 6.45) is 2.11. The van der Waals surface area contributed by atoms with Crippen LogP contribution >= 0.6 is 23.4 Å². The van der Waals surface area contributed by atoms with Gasteiger partial charge in [-0.2, -0.15) is 5.26 Å². The molecule has 0 amide bonds. The quantitative estimate of drug-likeness (QED) is 0.354. The third kappa shape index (κ3) is 4.57. The molecule has 2 aromatic carbocycles. The van der Waals surface area contributed by atoms with Gasteiger partial charge < -0.3 is 4.74 Å². The Bertz CT molecular complexity index is 1420. The van der Waals surface area contributed by atoms with Crippen molar-refractivity contribution in [1.82, 2.24) is 24.3 Å². The first-order valence-corrected chi connectivity index (χ1v) is 12.3. The van der Waals surface area contributed by atoms with E-state index >= 15 is 0 Å². The number of halogens is 1. The molecule has 1 saturated heterocycles. The standard InChI is InChI=1S/C24H21ClN6O2S/c25-17-9-7-16(8-10-17)22-28-29-24(31(22)14-18-4-3-13-33-18)34-15-21-27-20-6-2-1-5-19(20)23(32)30(21)12-11-26/h1-2,5-10,18H,3-4,12-15H2/t18-/m0/s1. The molecule has 172 valence electrons. The van der Waals surface area contributed by atoms with Crippen LogP contribution < -0.4 is 5.56 Å². The van der Waals surface area contributed by atoms with E-state index in [0.29, 0.717) is 39.2 Å². The third-order valence-electron chi connectivity index (χ3n) is 5.73. The highest BCUT2D eigenvalue weighted by atomic mass is 35.5. The molecule has 1 aliphatic rings. The second kappa shape index (κ2) is 9.97. The maximum absolute atomic E-state index is 13.0. The maximum Gasteiger partial charge on any atom is 0.262 e. The van der Waals surface area contributed by atoms with Gasteiger partial charge in [-0.05, 0) is 49.2 Å². The lowest BCUT2D eigenvalue weighted by Crippen LogP contribution is -2.24. The number of hydrogen-bond donors (Lipinski definition) is 0. The summed E-state index contributed by atoms with van der Waals surface area (Å²) in [5.41, 5.74) is 1.30. The number of para-hydroxylation sites is 1. The summed E-state index contributed by atoms with van der Waals surface area (Å²) in [6, 6.07) is 16.7. The maximum atomic E-state index is 13.0. The Balaban J connectivity index is 1.49. The molecule has 0 bridgehead atoms. The van der Waals surface area contributed by atoms with Gasteiger partial charge in [0.25, 0.3) is 5.56 Å². The van der Waals surface area contributed by atoms with Crippen molar-refractivity contribution >= 4 is 34.3 Å². The zero-order valence-electron chi connectivity index (χ0n) is 18.2. The molecule has 0 radical (unpaired) electrons. The van der Waals surface area contributed by atoms with E-state index in [1.54, 1.807) is 18.2 Å². The fourth-order valence-electron chi connectivity index (χ4n) is 4.05. The van der Waals surface area contributed by atoms with Crippen molar-refractivity contribution in [2.45, 2.75) is 42.9 Å². The topological polar surface area (TPSA) is 98.6 Å². The number of ether oxygens (including phenoxy) is 1. The Morgan fingerprint density at radius 1 is 1.15 bits per heavy atom. The molecule has 0 unspecified atom stereocenters. The summed E-state index contributed by atoms with van der Waals surface area (Å²) in [4.78, 5) is 17.6. The van der Waals surface area contributed by atoms with E-state index in [0.717, 1.165) is 30.8 Å². The summed E-state index contributed by atoms with van der Waals surface area (Å²) in [7, 11) is 0. The van der Waals surface area contributed by atoms with Gasteiger partial charge in [0.05, 0.1) is 35.4 Å². The number of benzene rings is 2. The fraction of sp³-hybridized carbons (Fsp3) is 0.292. The zero-order chi connectivity index (χ0) is 23.5. The predicted octanol–water partition coefficient (Wildman–Crippen LogP) is 4.30. The molecule has 5 rings (SSSR count). The van der Waals surface area contributed by atoms with E-state index in [9.17, 15) is 10.1 Å². The lowest BCUT2D eigenvalue weighted by Gasteiger charge is -2.15. The summed E-state index contributed by atoms with van der Waals surface area (Å²) in [5.74, 6) is 1.62. The molecule has 0 spiro atoms. The van der Waals surface area contributed by atoms with Crippen LogP contribution in [0.1, 0.15) is 18.7 Å². The average molecular weight is 493 g/mol. The number of aromatic nitrogens is 5. The van der Waals surface area contributed by atoms with Crippen LogP contribution in [0.5, 0.6) is 0 Å². The minimum atomic E-state index is -0.217. The summed E-state index contributed by atoms with van der Waals surface area (Å²) >= 11 is 7.50. The van der Waals surface area contributed by atoms with E-state index in [1.807, 2.05) is 30.3 Å². The molecule has 34 heavy (non-hydrogen) atoms. The minimum Gasteiger partial charge on any atom is -0.376 e. The van der Waals surface area contributed by atoms with Crippen molar-refractivity contribution in [3.63, 3.8) is 0 Å². The Kier molecular flexibility index (Phi) is 6.63. The zero-order valence-corrected chi connectivity index (χ0v) is 19.8. The van der Waals surface area contributed by atoms with Crippen molar-refractivity contribution in [3.8, 4) is 17.5 Å². The molecule has 2 aromatic heterocycles. The van der Waals surface area contributed by atoms with Crippen LogP contribution in [0.2, 0.25) is 5.02 Å². The molecule has 0 N–H and O–H groups in total. The summed E-state index contributed by atoms with van der Waals surface area (Å²) in [6.45, 7) is 1.32. The van der Waals surface area contributed by atoms with Crippen LogP contribution in [0.25, 0.3) is 22.3 Å². The van der Waals surface area contributed by atoms with Gasteiger partial charge in [0, 0.05) is 17.2 Å². The Morgan fingerprint density at radius 2 is 1.97 bits per heavy atom. The van der Waals surface area contributed by atoms with Crippen molar-refractivity contribution < 1.29 is 4.74 Å². The second-order valence-electron chi connectivity index (χ2n) is 7.94. The van der Waals surface area contributed by atoms with E-state index in [-0.39, 0.29) is 18.2 Å². The molecular weight excluding hydrogens is 472 g/mol. The smallest absolute Gasteiger partial charge is 0.262 e. The van der Waals surface area contributed by atoms with Crippen LogP contribution in [0, 0.1) is 11.3 Å². The number of rotatable bonds is 7. The number of fused-ring (bicyclic) bond motifs is 1. The number of thioether (sulfide) groups is 1. The van der Waals surface area contributed by atoms with Crippen LogP contribution in [0.4, 0.5) is 0 Å². The van der Waals surface area contributed by atoms with Crippen LogP contribution in [0.15, 0.2) is 58.5 Å². The van der Waals surface area contributed by atoms with Gasteiger partial charge in [-0.1, -0.05) is 35.5 Å². The molecular formula is C24H21ClN6O2S. The monoisotopic (exact) mass is 492 g/mol. The lowest BCUT2D eigenvalue weighted by atomic mass is 10.2. The lowest BCUT2D eigenvalue weighted by molar-refractivity contribution is 0.0953. The number of nitriles is 1. The Hall–Kier alpha value is -3.19. The highest BCUT2D eigenvalue weighted by Crippen LogP contribution is 2.29. The number of nitrogens with zero attached hydrogens (tertiary/aromatic N) is 6. The highest BCUT2D eigenvalue weighted by Gasteiger charge is 2.22. The van der Waals surface area contributed by atoms with E-state index < -0.39 is 0 Å². The fourth-order valence-corrected chi connectivity index (χ4v) is 5.07. The minimum absolute atomic E-state index is 0.0643. The van der Waals surface area contributed by atoms with E-state index in [4.69, 9.17) is 16.3 Å². The molecule has 3 heterocycles. The largest absolute Gasteiger partial charge is 0.376 e. The predicted molar refractivity (Wildman–Crippen MR) is 131 cm³/mol. The Labute approximate surface area is 205 Å². The summed E-state index contributed by atoms with van der Waals surface area (Å²) < 4.78 is 9.35. The van der Waals surface area contributed by atoms with Gasteiger partial charge in [0.15, 0.2) is 11.0 Å². The van der Waals surface area contributed by atoms with Crippen molar-refractivity contribution in [3.05, 3.63) is 69.7 Å². The van der Waals surface area contributed by atoms with Crippen molar-refractivity contribution in [1.29, 1.82) is 5.26 Å². The first kappa shape index (κ1) is 22.6. The normalized spacial score (nSPS) is 15.6. The van der Waals surface area contributed by atoms with Gasteiger partial charge in [-0.3, -0.25) is 13.9 Å². The van der Waals surface area contributed by atoms with E-state index in [2.05, 4.69) is 25.8 Å². The molecule has 8 nitrogen and oxygen atoms in total. The molecule has 1 atom stereocenters. The first-order valence-electron chi connectivity index (χ1n) is 10.9. The summed E-state index contributed by atoms with van der Waals surface area (Å²) in [5, 5.41) is 20.0. The third-order valence-corrected chi connectivity index (χ3v) is 6.94. The first-order chi connectivity index (χ1) is 16.6. The molecule has 0 aliphatic carbocycles.